The van der Waals surface area contributed by atoms with Crippen LogP contribution in [0, 0.1) is 11.8 Å². The summed E-state index contributed by atoms with van der Waals surface area (Å²) in [6, 6.07) is 0.741. The van der Waals surface area contributed by atoms with Crippen LogP contribution in [0.4, 0.5) is 0 Å². The minimum absolute atomic E-state index is 0.422. The number of rotatable bonds is 4. The van der Waals surface area contributed by atoms with E-state index in [0.29, 0.717) is 12.2 Å². The Hall–Kier alpha value is -0.120. The van der Waals surface area contributed by atoms with Crippen molar-refractivity contribution < 1.29 is 9.47 Å². The zero-order valence-electron chi connectivity index (χ0n) is 11.7. The van der Waals surface area contributed by atoms with E-state index in [2.05, 4.69) is 18.7 Å². The average molecular weight is 241 g/mol. The molecule has 1 aliphatic heterocycles. The standard InChI is InChI=1S/C14H27NO2/c1-10(2)13-5-6-15(9-14(13)17-4)11-7-12(8-11)16-3/h10-14H,5-9H2,1-4H3/t11?,12?,13-,14-/m0/s1. The fraction of sp³-hybridized carbons (Fsp3) is 1.00. The molecule has 3 heteroatoms. The van der Waals surface area contributed by atoms with Crippen molar-refractivity contribution in [3.05, 3.63) is 0 Å². The van der Waals surface area contributed by atoms with Gasteiger partial charge in [0, 0.05) is 26.8 Å². The highest BCUT2D eigenvalue weighted by Crippen LogP contribution is 2.33. The molecule has 0 aromatic heterocycles. The first kappa shape index (κ1) is 13.3. The molecule has 2 fully saturated rings. The van der Waals surface area contributed by atoms with Crippen LogP contribution in [-0.2, 0) is 9.47 Å². The lowest BCUT2D eigenvalue weighted by atomic mass is 9.81. The van der Waals surface area contributed by atoms with Gasteiger partial charge in [0.15, 0.2) is 0 Å². The second-order valence-electron chi connectivity index (χ2n) is 5.95. The summed E-state index contributed by atoms with van der Waals surface area (Å²) in [4.78, 5) is 2.61. The highest BCUT2D eigenvalue weighted by molar-refractivity contribution is 4.92. The molecule has 1 heterocycles. The first-order valence-corrected chi connectivity index (χ1v) is 6.95. The number of nitrogens with zero attached hydrogens (tertiary/aromatic N) is 1. The Morgan fingerprint density at radius 2 is 1.82 bits per heavy atom. The average Bonchev–Trinajstić information content (AvgIpc) is 2.27. The molecule has 0 aromatic rings. The van der Waals surface area contributed by atoms with Gasteiger partial charge in [-0.3, -0.25) is 4.90 Å². The normalized spacial score (nSPS) is 39.4. The fourth-order valence-electron chi connectivity index (χ4n) is 3.33. The quantitative estimate of drug-likeness (QED) is 0.753. The number of hydrogen-bond donors (Lipinski definition) is 0. The van der Waals surface area contributed by atoms with Crippen LogP contribution in [0.2, 0.25) is 0 Å². The molecule has 2 atom stereocenters. The van der Waals surface area contributed by atoms with Gasteiger partial charge in [0.1, 0.15) is 0 Å². The molecule has 100 valence electrons. The van der Waals surface area contributed by atoms with Crippen LogP contribution in [0.25, 0.3) is 0 Å². The maximum Gasteiger partial charge on any atom is 0.0729 e. The monoisotopic (exact) mass is 241 g/mol. The molecular weight excluding hydrogens is 214 g/mol. The van der Waals surface area contributed by atoms with Gasteiger partial charge in [-0.1, -0.05) is 13.8 Å². The fourth-order valence-corrected chi connectivity index (χ4v) is 3.33. The predicted octanol–water partition coefficient (Wildman–Crippen LogP) is 2.16. The Balaban J connectivity index is 1.84. The topological polar surface area (TPSA) is 21.7 Å². The van der Waals surface area contributed by atoms with Gasteiger partial charge in [-0.25, -0.2) is 0 Å². The third-order valence-electron chi connectivity index (χ3n) is 4.72. The van der Waals surface area contributed by atoms with Gasteiger partial charge in [0.2, 0.25) is 0 Å². The largest absolute Gasteiger partial charge is 0.381 e. The molecule has 2 aliphatic rings. The summed E-state index contributed by atoms with van der Waals surface area (Å²) in [7, 11) is 3.69. The maximum absolute atomic E-state index is 5.69. The van der Waals surface area contributed by atoms with Crippen molar-refractivity contribution in [3.63, 3.8) is 0 Å². The van der Waals surface area contributed by atoms with E-state index in [-0.39, 0.29) is 0 Å². The smallest absolute Gasteiger partial charge is 0.0729 e. The third-order valence-corrected chi connectivity index (χ3v) is 4.72. The first-order chi connectivity index (χ1) is 8.15. The zero-order valence-corrected chi connectivity index (χ0v) is 11.7. The molecule has 1 saturated carbocycles. The van der Waals surface area contributed by atoms with Gasteiger partial charge < -0.3 is 9.47 Å². The lowest BCUT2D eigenvalue weighted by Gasteiger charge is -2.48. The van der Waals surface area contributed by atoms with Crippen molar-refractivity contribution in [2.75, 3.05) is 27.3 Å². The highest BCUT2D eigenvalue weighted by Gasteiger charge is 2.39. The van der Waals surface area contributed by atoms with Crippen molar-refractivity contribution in [1.29, 1.82) is 0 Å². The van der Waals surface area contributed by atoms with Crippen LogP contribution in [0.15, 0.2) is 0 Å². The first-order valence-electron chi connectivity index (χ1n) is 6.95. The summed E-state index contributed by atoms with van der Waals surface area (Å²) in [5, 5.41) is 0. The Bertz CT molecular complexity index is 238. The second kappa shape index (κ2) is 5.68. The van der Waals surface area contributed by atoms with E-state index in [1.54, 1.807) is 0 Å². The molecule has 1 saturated heterocycles. The van der Waals surface area contributed by atoms with Crippen molar-refractivity contribution in [2.45, 2.75) is 51.4 Å². The van der Waals surface area contributed by atoms with Crippen LogP contribution in [0.1, 0.15) is 33.1 Å². The highest BCUT2D eigenvalue weighted by atomic mass is 16.5. The lowest BCUT2D eigenvalue weighted by molar-refractivity contribution is -0.0807. The number of hydrogen-bond acceptors (Lipinski definition) is 3. The van der Waals surface area contributed by atoms with E-state index >= 15 is 0 Å². The minimum atomic E-state index is 0.422. The molecule has 17 heavy (non-hydrogen) atoms. The number of ether oxygens (including phenoxy) is 2. The molecule has 0 aromatic carbocycles. The Morgan fingerprint density at radius 3 is 2.35 bits per heavy atom. The lowest BCUT2D eigenvalue weighted by Crippen LogP contribution is -2.55. The van der Waals surface area contributed by atoms with Crippen molar-refractivity contribution >= 4 is 0 Å². The van der Waals surface area contributed by atoms with Gasteiger partial charge in [-0.2, -0.15) is 0 Å². The molecule has 0 bridgehead atoms. The Kier molecular flexibility index (Phi) is 4.45. The SMILES string of the molecule is COC1CC(N2CC[C@@H](C(C)C)[C@@H](OC)C2)C1. The number of methoxy groups -OCH3 is 2. The van der Waals surface area contributed by atoms with Gasteiger partial charge in [-0.05, 0) is 37.6 Å². The van der Waals surface area contributed by atoms with Gasteiger partial charge >= 0.3 is 0 Å². The summed E-state index contributed by atoms with van der Waals surface area (Å²) >= 11 is 0. The van der Waals surface area contributed by atoms with E-state index in [1.165, 1.54) is 25.8 Å². The van der Waals surface area contributed by atoms with Crippen molar-refractivity contribution in [2.24, 2.45) is 11.8 Å². The zero-order chi connectivity index (χ0) is 12.4. The van der Waals surface area contributed by atoms with Crippen LogP contribution in [-0.4, -0.2) is 50.5 Å². The van der Waals surface area contributed by atoms with Gasteiger partial charge in [0.05, 0.1) is 12.2 Å². The number of likely N-dealkylation sites (tertiary alicyclic amines) is 1. The number of piperidine rings is 1. The molecule has 0 N–H and O–H groups in total. The second-order valence-corrected chi connectivity index (χ2v) is 5.95. The van der Waals surface area contributed by atoms with E-state index in [1.807, 2.05) is 14.2 Å². The van der Waals surface area contributed by atoms with Crippen LogP contribution in [0.3, 0.4) is 0 Å². The molecule has 0 amide bonds. The van der Waals surface area contributed by atoms with Crippen LogP contribution in [0.5, 0.6) is 0 Å². The molecule has 0 spiro atoms. The Labute approximate surface area is 105 Å². The van der Waals surface area contributed by atoms with Crippen molar-refractivity contribution in [3.8, 4) is 0 Å². The molecular formula is C14H27NO2. The molecule has 0 radical (unpaired) electrons. The van der Waals surface area contributed by atoms with E-state index in [9.17, 15) is 0 Å². The van der Waals surface area contributed by atoms with E-state index < -0.39 is 0 Å². The van der Waals surface area contributed by atoms with Crippen LogP contribution >= 0.6 is 0 Å². The summed E-state index contributed by atoms with van der Waals surface area (Å²) in [6.07, 6.45) is 4.62. The summed E-state index contributed by atoms with van der Waals surface area (Å²) in [5.74, 6) is 1.46. The third kappa shape index (κ3) is 2.83. The predicted molar refractivity (Wildman–Crippen MR) is 69.1 cm³/mol. The van der Waals surface area contributed by atoms with Crippen molar-refractivity contribution in [1.82, 2.24) is 4.90 Å². The van der Waals surface area contributed by atoms with Gasteiger partial charge in [0.25, 0.3) is 0 Å². The van der Waals surface area contributed by atoms with Gasteiger partial charge in [-0.15, -0.1) is 0 Å². The molecule has 0 unspecified atom stereocenters. The van der Waals surface area contributed by atoms with Crippen LogP contribution < -0.4 is 0 Å². The maximum atomic E-state index is 5.69. The van der Waals surface area contributed by atoms with E-state index in [4.69, 9.17) is 9.47 Å². The molecule has 3 nitrogen and oxygen atoms in total. The summed E-state index contributed by atoms with van der Waals surface area (Å²) in [5.41, 5.74) is 0. The molecule has 1 aliphatic carbocycles. The van der Waals surface area contributed by atoms with E-state index in [0.717, 1.165) is 24.4 Å². The minimum Gasteiger partial charge on any atom is -0.381 e. The summed E-state index contributed by atoms with van der Waals surface area (Å²) < 4.78 is 11.1. The summed E-state index contributed by atoms with van der Waals surface area (Å²) in [6.45, 7) is 6.98. The Morgan fingerprint density at radius 1 is 1.12 bits per heavy atom. The molecule has 2 rings (SSSR count).